The summed E-state index contributed by atoms with van der Waals surface area (Å²) in [7, 11) is 1.49. The number of pyridine rings is 1. The molecule has 1 heterocycles. The summed E-state index contributed by atoms with van der Waals surface area (Å²) in [6, 6.07) is 9.67. The van der Waals surface area contributed by atoms with E-state index in [2.05, 4.69) is 5.32 Å². The molecule has 1 aromatic heterocycles. The van der Waals surface area contributed by atoms with E-state index in [1.165, 1.54) is 38.4 Å². The molecule has 0 saturated carbocycles. The summed E-state index contributed by atoms with van der Waals surface area (Å²) >= 11 is 0. The fraction of sp³-hybridized carbons (Fsp3) is 0.235. The fourth-order valence-corrected chi connectivity index (χ4v) is 2.01. The Morgan fingerprint density at radius 3 is 2.67 bits per heavy atom. The summed E-state index contributed by atoms with van der Waals surface area (Å²) in [6.07, 6.45) is 0.0989. The van der Waals surface area contributed by atoms with E-state index in [1.807, 2.05) is 13.0 Å². The van der Waals surface area contributed by atoms with Crippen LogP contribution in [0, 0.1) is 12.1 Å². The third kappa shape index (κ3) is 4.01. The van der Waals surface area contributed by atoms with Crippen molar-refractivity contribution >= 4 is 17.6 Å². The topological polar surface area (TPSA) is 91.6 Å². The van der Waals surface area contributed by atoms with Gasteiger partial charge in [0.2, 0.25) is 0 Å². The lowest BCUT2D eigenvalue weighted by Crippen LogP contribution is -2.37. The Kier molecular flexibility index (Phi) is 5.36. The maximum atomic E-state index is 12.2. The van der Waals surface area contributed by atoms with Crippen LogP contribution in [-0.4, -0.2) is 25.1 Å². The molecule has 0 bridgehead atoms. The second kappa shape index (κ2) is 7.45. The van der Waals surface area contributed by atoms with E-state index in [9.17, 15) is 14.8 Å². The number of esters is 1. The quantitative estimate of drug-likeness (QED) is 0.513. The third-order valence-electron chi connectivity index (χ3n) is 3.30. The molecule has 0 radical (unpaired) electrons. The molecule has 0 aliphatic carbocycles. The van der Waals surface area contributed by atoms with Crippen molar-refractivity contribution in [3.63, 3.8) is 0 Å². The average molecular weight is 330 g/mol. The molecule has 24 heavy (non-hydrogen) atoms. The van der Waals surface area contributed by atoms with Gasteiger partial charge in [0.25, 0.3) is 5.91 Å². The van der Waals surface area contributed by atoms with Crippen molar-refractivity contribution in [1.29, 1.82) is 0 Å². The summed E-state index contributed by atoms with van der Waals surface area (Å²) in [4.78, 5) is 24.2. The largest absolute Gasteiger partial charge is 0.618 e. The Morgan fingerprint density at radius 2 is 2.00 bits per heavy atom. The van der Waals surface area contributed by atoms with Crippen molar-refractivity contribution < 1.29 is 23.8 Å². The maximum absolute atomic E-state index is 12.2. The van der Waals surface area contributed by atoms with Crippen LogP contribution >= 0.6 is 0 Å². The van der Waals surface area contributed by atoms with Crippen molar-refractivity contribution in [3.05, 3.63) is 59.1 Å². The smallest absolute Gasteiger partial charge is 0.405 e. The second-order valence-corrected chi connectivity index (χ2v) is 5.15. The van der Waals surface area contributed by atoms with Crippen LogP contribution in [0.2, 0.25) is 0 Å². The van der Waals surface area contributed by atoms with Crippen LogP contribution in [0.4, 0.5) is 5.69 Å². The molecule has 7 nitrogen and oxygen atoms in total. The highest BCUT2D eigenvalue weighted by Crippen LogP contribution is 2.25. The minimum Gasteiger partial charge on any atom is -0.618 e. The highest BCUT2D eigenvalue weighted by atomic mass is 16.6. The predicted molar refractivity (Wildman–Crippen MR) is 86.6 cm³/mol. The number of amides is 1. The van der Waals surface area contributed by atoms with Gasteiger partial charge in [0, 0.05) is 12.1 Å². The van der Waals surface area contributed by atoms with E-state index < -0.39 is 18.0 Å². The van der Waals surface area contributed by atoms with Crippen LogP contribution in [0.5, 0.6) is 5.75 Å². The first-order valence-corrected chi connectivity index (χ1v) is 7.27. The van der Waals surface area contributed by atoms with Gasteiger partial charge in [-0.25, -0.2) is 4.79 Å². The van der Waals surface area contributed by atoms with E-state index in [4.69, 9.17) is 9.47 Å². The number of rotatable bonds is 5. The standard InChI is InChI=1S/C17H18N2O5/c1-11-7-8-15(23-3)13(10-11)18-16(20)12(2)24-17(21)14-6-4-5-9-19(14)22/h4-10,12H,1-3H3,(H,18,20)/t12-/m0/s1. The zero-order chi connectivity index (χ0) is 17.7. The molecular weight excluding hydrogens is 312 g/mol. The number of carbonyl (C=O) groups is 2. The number of benzene rings is 1. The van der Waals surface area contributed by atoms with Crippen LogP contribution in [0.15, 0.2) is 42.6 Å². The molecule has 7 heteroatoms. The Balaban J connectivity index is 2.06. The van der Waals surface area contributed by atoms with Gasteiger partial charge in [0.15, 0.2) is 12.3 Å². The minimum atomic E-state index is -1.08. The molecule has 0 saturated heterocycles. The van der Waals surface area contributed by atoms with Crippen LogP contribution < -0.4 is 14.8 Å². The molecule has 0 aliphatic heterocycles. The Hall–Kier alpha value is -3.09. The summed E-state index contributed by atoms with van der Waals surface area (Å²) in [5, 5.41) is 14.2. The van der Waals surface area contributed by atoms with E-state index in [-0.39, 0.29) is 5.69 Å². The molecule has 1 amide bonds. The molecule has 0 fully saturated rings. The highest BCUT2D eigenvalue weighted by Gasteiger charge is 2.24. The molecule has 1 N–H and O–H groups in total. The molecule has 1 atom stereocenters. The van der Waals surface area contributed by atoms with Crippen LogP contribution in [0.25, 0.3) is 0 Å². The van der Waals surface area contributed by atoms with Crippen molar-refractivity contribution in [2.24, 2.45) is 0 Å². The number of aromatic nitrogens is 1. The number of carbonyl (C=O) groups excluding carboxylic acids is 2. The average Bonchev–Trinajstić information content (AvgIpc) is 2.55. The second-order valence-electron chi connectivity index (χ2n) is 5.15. The molecule has 126 valence electrons. The van der Waals surface area contributed by atoms with Crippen molar-refractivity contribution in [2.45, 2.75) is 20.0 Å². The summed E-state index contributed by atoms with van der Waals surface area (Å²) in [5.41, 5.74) is 1.22. The SMILES string of the molecule is COc1ccc(C)cc1NC(=O)[C@H](C)OC(=O)c1cccc[n+]1[O-]. The molecular formula is C17H18N2O5. The lowest BCUT2D eigenvalue weighted by molar-refractivity contribution is -0.608. The zero-order valence-corrected chi connectivity index (χ0v) is 13.6. The minimum absolute atomic E-state index is 0.190. The monoisotopic (exact) mass is 330 g/mol. The number of ether oxygens (including phenoxy) is 2. The number of nitrogens with one attached hydrogen (secondary N) is 1. The number of hydrogen-bond acceptors (Lipinski definition) is 5. The Labute approximate surface area is 139 Å². The van der Waals surface area contributed by atoms with E-state index in [0.29, 0.717) is 16.2 Å². The van der Waals surface area contributed by atoms with Gasteiger partial charge in [0.05, 0.1) is 12.8 Å². The van der Waals surface area contributed by atoms with Gasteiger partial charge >= 0.3 is 11.7 Å². The van der Waals surface area contributed by atoms with Gasteiger partial charge in [-0.2, -0.15) is 4.73 Å². The fourth-order valence-electron chi connectivity index (χ4n) is 2.01. The zero-order valence-electron chi connectivity index (χ0n) is 13.6. The van der Waals surface area contributed by atoms with Crippen molar-refractivity contribution in [1.82, 2.24) is 0 Å². The van der Waals surface area contributed by atoms with Gasteiger partial charge in [0.1, 0.15) is 5.75 Å². The van der Waals surface area contributed by atoms with E-state index in [0.717, 1.165) is 5.56 Å². The van der Waals surface area contributed by atoms with Crippen LogP contribution in [0.3, 0.4) is 0 Å². The van der Waals surface area contributed by atoms with Crippen molar-refractivity contribution in [2.75, 3.05) is 12.4 Å². The normalized spacial score (nSPS) is 11.5. The van der Waals surface area contributed by atoms with Crippen LogP contribution in [0.1, 0.15) is 23.0 Å². The number of hydrogen-bond donors (Lipinski definition) is 1. The van der Waals surface area contributed by atoms with Gasteiger partial charge < -0.3 is 20.0 Å². The first-order chi connectivity index (χ1) is 11.4. The number of nitrogens with zero attached hydrogens (tertiary/aromatic N) is 1. The third-order valence-corrected chi connectivity index (χ3v) is 3.30. The maximum Gasteiger partial charge on any atom is 0.405 e. The van der Waals surface area contributed by atoms with E-state index >= 15 is 0 Å². The van der Waals surface area contributed by atoms with E-state index in [1.54, 1.807) is 12.1 Å². The molecule has 0 aliphatic rings. The van der Waals surface area contributed by atoms with Gasteiger partial charge in [-0.05, 0) is 37.6 Å². The summed E-state index contributed by atoms with van der Waals surface area (Å²) in [5.74, 6) is -0.905. The number of aryl methyl sites for hydroxylation is 1. The predicted octanol–water partition coefficient (Wildman–Crippen LogP) is 1.82. The lowest BCUT2D eigenvalue weighted by Gasteiger charge is -2.15. The van der Waals surface area contributed by atoms with Gasteiger partial charge in [-0.3, -0.25) is 4.79 Å². The Bertz CT molecular complexity index is 760. The first kappa shape index (κ1) is 17.3. The first-order valence-electron chi connectivity index (χ1n) is 7.27. The Morgan fingerprint density at radius 1 is 1.25 bits per heavy atom. The van der Waals surface area contributed by atoms with Gasteiger partial charge in [-0.1, -0.05) is 6.07 Å². The van der Waals surface area contributed by atoms with Crippen LogP contribution in [-0.2, 0) is 9.53 Å². The molecule has 0 unspecified atom stereocenters. The molecule has 2 aromatic rings. The molecule has 2 rings (SSSR count). The summed E-state index contributed by atoms with van der Waals surface area (Å²) < 4.78 is 10.6. The highest BCUT2D eigenvalue weighted by molar-refractivity contribution is 5.97. The van der Waals surface area contributed by atoms with Crippen molar-refractivity contribution in [3.8, 4) is 5.75 Å². The number of methoxy groups -OCH3 is 1. The molecule has 1 aromatic carbocycles. The summed E-state index contributed by atoms with van der Waals surface area (Å²) in [6.45, 7) is 3.30. The number of anilines is 1. The lowest BCUT2D eigenvalue weighted by atomic mass is 10.2. The molecule has 0 spiro atoms. The van der Waals surface area contributed by atoms with Gasteiger partial charge in [-0.15, -0.1) is 0 Å².